The second-order valence-electron chi connectivity index (χ2n) is 6.29. The molecule has 0 saturated heterocycles. The van der Waals surface area contributed by atoms with Gasteiger partial charge in [0.1, 0.15) is 28.0 Å². The smallest absolute Gasteiger partial charge is 0.416 e. The molecule has 0 spiro atoms. The number of nitrogens with one attached hydrogen (secondary N) is 1. The molecule has 3 rings (SSSR count). The van der Waals surface area contributed by atoms with Gasteiger partial charge in [-0.2, -0.15) is 13.2 Å². The molecule has 12 heteroatoms. The number of benzene rings is 2. The van der Waals surface area contributed by atoms with Crippen molar-refractivity contribution in [3.05, 3.63) is 60.4 Å². The maximum Gasteiger partial charge on any atom is 0.416 e. The first-order valence-corrected chi connectivity index (χ1v) is 11.4. The van der Waals surface area contributed by atoms with Gasteiger partial charge in [-0.15, -0.1) is 0 Å². The fourth-order valence-electron chi connectivity index (χ4n) is 2.71. The molecular formula is C20H17F4N3O3S2. The number of rotatable bonds is 8. The Labute approximate surface area is 186 Å². The number of sulfonamides is 1. The molecule has 0 atom stereocenters. The molecule has 0 saturated carbocycles. The molecule has 0 radical (unpaired) electrons. The van der Waals surface area contributed by atoms with Crippen LogP contribution < -0.4 is 9.46 Å². The molecule has 0 fully saturated rings. The van der Waals surface area contributed by atoms with Crippen molar-refractivity contribution < 1.29 is 30.7 Å². The van der Waals surface area contributed by atoms with E-state index in [0.29, 0.717) is 21.2 Å². The minimum atomic E-state index is -4.44. The van der Waals surface area contributed by atoms with Crippen molar-refractivity contribution in [2.45, 2.75) is 21.0 Å². The van der Waals surface area contributed by atoms with E-state index in [1.54, 1.807) is 6.07 Å². The van der Waals surface area contributed by atoms with Gasteiger partial charge in [-0.1, -0.05) is 11.8 Å². The number of hydrogen-bond acceptors (Lipinski definition) is 6. The minimum absolute atomic E-state index is 0.0564. The van der Waals surface area contributed by atoms with Gasteiger partial charge >= 0.3 is 6.18 Å². The topological polar surface area (TPSA) is 81.2 Å². The van der Waals surface area contributed by atoms with Crippen LogP contribution in [0.3, 0.4) is 0 Å². The van der Waals surface area contributed by atoms with Crippen LogP contribution in [0.1, 0.15) is 5.56 Å². The van der Waals surface area contributed by atoms with Crippen molar-refractivity contribution >= 4 is 21.8 Å². The molecule has 1 N–H and O–H groups in total. The molecule has 1 heterocycles. The minimum Gasteiger partial charge on any atom is -0.495 e. The second-order valence-corrected chi connectivity index (χ2v) is 9.08. The standard InChI is InChI=1S/C20H17F4N3O3S2/c1-30-16-7-2-13(12-17(16)32(28,29)27-9-8-21)18-19(26-11-10-25-18)31-15-5-3-14(4-6-15)20(22,23)24/h2-7,10-12,27H,8-9H2,1H3. The maximum atomic E-state index is 12.8. The monoisotopic (exact) mass is 487 g/mol. The molecule has 0 amide bonds. The number of ether oxygens (including phenoxy) is 1. The van der Waals surface area contributed by atoms with Crippen molar-refractivity contribution in [3.63, 3.8) is 0 Å². The van der Waals surface area contributed by atoms with Crippen molar-refractivity contribution in [1.82, 2.24) is 14.7 Å². The van der Waals surface area contributed by atoms with Gasteiger partial charge in [0.15, 0.2) is 0 Å². The van der Waals surface area contributed by atoms with Gasteiger partial charge < -0.3 is 4.74 Å². The van der Waals surface area contributed by atoms with Crippen LogP contribution in [0, 0.1) is 0 Å². The van der Waals surface area contributed by atoms with Crippen molar-refractivity contribution in [1.29, 1.82) is 0 Å². The summed E-state index contributed by atoms with van der Waals surface area (Å²) in [6.45, 7) is -1.27. The van der Waals surface area contributed by atoms with E-state index in [2.05, 4.69) is 14.7 Å². The number of methoxy groups -OCH3 is 1. The van der Waals surface area contributed by atoms with Crippen molar-refractivity contribution in [2.75, 3.05) is 20.3 Å². The van der Waals surface area contributed by atoms with Crippen LogP contribution in [-0.2, 0) is 16.2 Å². The van der Waals surface area contributed by atoms with Gasteiger partial charge in [0.25, 0.3) is 0 Å². The summed E-state index contributed by atoms with van der Waals surface area (Å²) in [5.74, 6) is 0.0564. The normalized spacial score (nSPS) is 12.0. The van der Waals surface area contributed by atoms with E-state index < -0.39 is 35.0 Å². The molecule has 0 unspecified atom stereocenters. The third-order valence-electron chi connectivity index (χ3n) is 4.17. The number of halogens is 4. The molecular weight excluding hydrogens is 470 g/mol. The summed E-state index contributed by atoms with van der Waals surface area (Å²) in [6.07, 6.45) is -1.62. The molecule has 170 valence electrons. The molecule has 0 aliphatic rings. The van der Waals surface area contributed by atoms with Gasteiger partial charge in [0, 0.05) is 29.4 Å². The van der Waals surface area contributed by atoms with Crippen LogP contribution in [0.4, 0.5) is 17.6 Å². The van der Waals surface area contributed by atoms with E-state index in [4.69, 9.17) is 4.74 Å². The Morgan fingerprint density at radius 3 is 2.38 bits per heavy atom. The third-order valence-corrected chi connectivity index (χ3v) is 6.66. The zero-order valence-corrected chi connectivity index (χ0v) is 18.2. The number of hydrogen-bond donors (Lipinski definition) is 1. The highest BCUT2D eigenvalue weighted by Crippen LogP contribution is 2.37. The highest BCUT2D eigenvalue weighted by atomic mass is 32.2. The Bertz CT molecular complexity index is 1190. The zero-order valence-electron chi connectivity index (χ0n) is 16.6. The molecule has 0 bridgehead atoms. The summed E-state index contributed by atoms with van der Waals surface area (Å²) in [7, 11) is -2.76. The van der Waals surface area contributed by atoms with Crippen LogP contribution >= 0.6 is 11.8 Å². The van der Waals surface area contributed by atoms with Crippen LogP contribution in [0.2, 0.25) is 0 Å². The van der Waals surface area contributed by atoms with Crippen molar-refractivity contribution in [3.8, 4) is 17.0 Å². The summed E-state index contributed by atoms with van der Waals surface area (Å²) in [5.41, 5.74) is -0.0667. The summed E-state index contributed by atoms with van der Waals surface area (Å²) in [6, 6.07) is 8.89. The fourth-order valence-corrected chi connectivity index (χ4v) is 4.78. The maximum absolute atomic E-state index is 12.8. The molecule has 0 aliphatic heterocycles. The van der Waals surface area contributed by atoms with Gasteiger partial charge in [-0.05, 0) is 42.5 Å². The van der Waals surface area contributed by atoms with E-state index in [-0.39, 0.29) is 10.6 Å². The molecule has 6 nitrogen and oxygen atoms in total. The van der Waals surface area contributed by atoms with E-state index in [1.807, 2.05) is 0 Å². The predicted molar refractivity (Wildman–Crippen MR) is 111 cm³/mol. The number of nitrogens with zero attached hydrogens (tertiary/aromatic N) is 2. The molecule has 1 aromatic heterocycles. The van der Waals surface area contributed by atoms with Crippen molar-refractivity contribution in [2.24, 2.45) is 0 Å². The summed E-state index contributed by atoms with van der Waals surface area (Å²) >= 11 is 1.08. The Balaban J connectivity index is 1.99. The van der Waals surface area contributed by atoms with E-state index in [1.165, 1.54) is 43.8 Å². The average Bonchev–Trinajstić information content (AvgIpc) is 2.77. The molecule has 0 aliphatic carbocycles. The fraction of sp³-hybridized carbons (Fsp3) is 0.200. The van der Waals surface area contributed by atoms with Crippen LogP contribution in [0.15, 0.2) is 69.7 Å². The molecule has 3 aromatic rings. The van der Waals surface area contributed by atoms with Crippen LogP contribution in [0.25, 0.3) is 11.3 Å². The van der Waals surface area contributed by atoms with Gasteiger partial charge in [0.05, 0.1) is 12.7 Å². The van der Waals surface area contributed by atoms with E-state index >= 15 is 0 Å². The van der Waals surface area contributed by atoms with E-state index in [0.717, 1.165) is 23.9 Å². The average molecular weight is 488 g/mol. The predicted octanol–water partition coefficient (Wildman–Crippen LogP) is 4.57. The zero-order chi connectivity index (χ0) is 23.4. The van der Waals surface area contributed by atoms with Crippen LogP contribution in [0.5, 0.6) is 5.75 Å². The molecule has 32 heavy (non-hydrogen) atoms. The van der Waals surface area contributed by atoms with Gasteiger partial charge in [0.2, 0.25) is 10.0 Å². The van der Waals surface area contributed by atoms with Crippen LogP contribution in [-0.4, -0.2) is 38.7 Å². The lowest BCUT2D eigenvalue weighted by Crippen LogP contribution is -2.26. The Morgan fingerprint density at radius 1 is 1.06 bits per heavy atom. The SMILES string of the molecule is COc1ccc(-c2nccnc2Sc2ccc(C(F)(F)F)cc2)cc1S(=O)(=O)NCCF. The first kappa shape index (κ1) is 24.0. The van der Waals surface area contributed by atoms with Gasteiger partial charge in [-0.3, -0.25) is 4.98 Å². The number of alkyl halides is 4. The first-order valence-electron chi connectivity index (χ1n) is 9.06. The Kier molecular flexibility index (Phi) is 7.36. The summed E-state index contributed by atoms with van der Waals surface area (Å²) in [4.78, 5) is 8.79. The van der Waals surface area contributed by atoms with E-state index in [9.17, 15) is 26.0 Å². The lowest BCUT2D eigenvalue weighted by atomic mass is 10.1. The highest BCUT2D eigenvalue weighted by Gasteiger charge is 2.30. The lowest BCUT2D eigenvalue weighted by Gasteiger charge is -2.13. The second kappa shape index (κ2) is 9.84. The summed E-state index contributed by atoms with van der Waals surface area (Å²) in [5, 5.41) is 0.359. The van der Waals surface area contributed by atoms with Gasteiger partial charge in [-0.25, -0.2) is 22.5 Å². The lowest BCUT2D eigenvalue weighted by molar-refractivity contribution is -0.137. The first-order chi connectivity index (χ1) is 15.2. The summed E-state index contributed by atoms with van der Waals surface area (Å²) < 4.78 is 83.2. The number of aromatic nitrogens is 2. The Morgan fingerprint density at radius 2 is 1.75 bits per heavy atom. The largest absolute Gasteiger partial charge is 0.495 e. The quantitative estimate of drug-likeness (QED) is 0.469. The Hall–Kier alpha value is -2.70. The highest BCUT2D eigenvalue weighted by molar-refractivity contribution is 7.99. The molecule has 2 aromatic carbocycles. The third kappa shape index (κ3) is 5.56.